The molecule has 0 spiro atoms. The standard InChI is InChI=1S/C24H18BrClN2O2/c1-16-20(24(29)28(27-16)19-8-3-2-4-9-19)13-17-11-12-23(21(25)14-17)30-15-18-7-5-6-10-22(18)26/h2-14H,15H2,1H3/b20-13+. The second kappa shape index (κ2) is 8.86. The van der Waals surface area contributed by atoms with Gasteiger partial charge in [0.25, 0.3) is 5.91 Å². The van der Waals surface area contributed by atoms with E-state index in [1.54, 1.807) is 0 Å². The van der Waals surface area contributed by atoms with Gasteiger partial charge < -0.3 is 4.74 Å². The van der Waals surface area contributed by atoms with Crippen molar-refractivity contribution in [1.82, 2.24) is 0 Å². The number of hydrazone groups is 1. The fraction of sp³-hybridized carbons (Fsp3) is 0.0833. The Labute approximate surface area is 188 Å². The highest BCUT2D eigenvalue weighted by Gasteiger charge is 2.28. The molecular weight excluding hydrogens is 464 g/mol. The average Bonchev–Trinajstić information content (AvgIpc) is 3.03. The molecule has 0 N–H and O–H groups in total. The van der Waals surface area contributed by atoms with E-state index in [-0.39, 0.29) is 5.91 Å². The van der Waals surface area contributed by atoms with E-state index >= 15 is 0 Å². The Morgan fingerprint density at radius 2 is 1.80 bits per heavy atom. The smallest absolute Gasteiger partial charge is 0.280 e. The SMILES string of the molecule is CC1=NN(c2ccccc2)C(=O)/C1=C/c1ccc(OCc2ccccc2Cl)c(Br)c1. The monoisotopic (exact) mass is 480 g/mol. The van der Waals surface area contributed by atoms with Crippen LogP contribution in [0.2, 0.25) is 5.02 Å². The van der Waals surface area contributed by atoms with Crippen molar-refractivity contribution >= 4 is 50.9 Å². The summed E-state index contributed by atoms with van der Waals surface area (Å²) < 4.78 is 6.69. The lowest BCUT2D eigenvalue weighted by atomic mass is 10.1. The Bertz CT molecular complexity index is 1160. The average molecular weight is 482 g/mol. The largest absolute Gasteiger partial charge is 0.488 e. The van der Waals surface area contributed by atoms with E-state index in [0.29, 0.717) is 28.7 Å². The van der Waals surface area contributed by atoms with E-state index in [4.69, 9.17) is 16.3 Å². The maximum absolute atomic E-state index is 12.9. The number of ether oxygens (including phenoxy) is 1. The van der Waals surface area contributed by atoms with Gasteiger partial charge in [0.2, 0.25) is 0 Å². The number of amides is 1. The molecule has 0 atom stereocenters. The molecule has 0 unspecified atom stereocenters. The lowest BCUT2D eigenvalue weighted by Gasteiger charge is -2.11. The Morgan fingerprint density at radius 3 is 2.53 bits per heavy atom. The summed E-state index contributed by atoms with van der Waals surface area (Å²) in [6, 6.07) is 22.7. The number of hydrogen-bond acceptors (Lipinski definition) is 3. The highest BCUT2D eigenvalue weighted by atomic mass is 79.9. The zero-order valence-corrected chi connectivity index (χ0v) is 18.5. The molecule has 1 aliphatic heterocycles. The number of nitrogens with zero attached hydrogens (tertiary/aromatic N) is 2. The number of carbonyl (C=O) groups excluding carboxylic acids is 1. The molecule has 0 aromatic heterocycles. The van der Waals surface area contributed by atoms with Crippen molar-refractivity contribution in [1.29, 1.82) is 0 Å². The minimum absolute atomic E-state index is 0.145. The molecule has 6 heteroatoms. The highest BCUT2D eigenvalue weighted by molar-refractivity contribution is 9.10. The molecule has 4 rings (SSSR count). The van der Waals surface area contributed by atoms with Gasteiger partial charge in [0.15, 0.2) is 0 Å². The van der Waals surface area contributed by atoms with E-state index in [1.807, 2.05) is 85.8 Å². The third-order valence-electron chi connectivity index (χ3n) is 4.67. The van der Waals surface area contributed by atoms with Gasteiger partial charge in [-0.3, -0.25) is 4.79 Å². The number of benzene rings is 3. The third kappa shape index (κ3) is 4.32. The van der Waals surface area contributed by atoms with Gasteiger partial charge in [0.05, 0.1) is 21.4 Å². The number of anilines is 1. The van der Waals surface area contributed by atoms with Crippen molar-refractivity contribution in [2.24, 2.45) is 5.10 Å². The van der Waals surface area contributed by atoms with E-state index in [0.717, 1.165) is 21.3 Å². The summed E-state index contributed by atoms with van der Waals surface area (Å²) in [6.45, 7) is 2.21. The third-order valence-corrected chi connectivity index (χ3v) is 5.66. The van der Waals surface area contributed by atoms with E-state index in [9.17, 15) is 4.79 Å². The first-order valence-corrected chi connectivity index (χ1v) is 10.5. The maximum atomic E-state index is 12.9. The first kappa shape index (κ1) is 20.4. The Hall–Kier alpha value is -2.89. The fourth-order valence-electron chi connectivity index (χ4n) is 3.09. The molecule has 0 bridgehead atoms. The lowest BCUT2D eigenvalue weighted by molar-refractivity contribution is -0.114. The molecule has 1 aliphatic rings. The fourth-order valence-corrected chi connectivity index (χ4v) is 3.79. The van der Waals surface area contributed by atoms with Crippen LogP contribution in [-0.2, 0) is 11.4 Å². The molecule has 0 radical (unpaired) electrons. The number of para-hydroxylation sites is 1. The summed E-state index contributed by atoms with van der Waals surface area (Å²) in [5, 5.41) is 6.51. The van der Waals surface area contributed by atoms with Crippen molar-refractivity contribution in [3.63, 3.8) is 0 Å². The van der Waals surface area contributed by atoms with E-state index in [1.165, 1.54) is 5.01 Å². The summed E-state index contributed by atoms with van der Waals surface area (Å²) >= 11 is 9.74. The first-order chi connectivity index (χ1) is 14.5. The van der Waals surface area contributed by atoms with Crippen LogP contribution >= 0.6 is 27.5 Å². The molecule has 3 aromatic rings. The molecule has 150 valence electrons. The predicted octanol–water partition coefficient (Wildman–Crippen LogP) is 6.49. The van der Waals surface area contributed by atoms with Gasteiger partial charge in [0, 0.05) is 10.6 Å². The summed E-state index contributed by atoms with van der Waals surface area (Å²) in [4.78, 5) is 12.9. The van der Waals surface area contributed by atoms with E-state index < -0.39 is 0 Å². The predicted molar refractivity (Wildman–Crippen MR) is 125 cm³/mol. The van der Waals surface area contributed by atoms with Crippen molar-refractivity contribution < 1.29 is 9.53 Å². The summed E-state index contributed by atoms with van der Waals surface area (Å²) in [5.41, 5.74) is 3.78. The molecular formula is C24H18BrClN2O2. The lowest BCUT2D eigenvalue weighted by Crippen LogP contribution is -2.21. The quantitative estimate of drug-likeness (QED) is 0.391. The molecule has 0 aliphatic carbocycles. The van der Waals surface area contributed by atoms with Crippen LogP contribution in [0.15, 0.2) is 87.9 Å². The number of carbonyl (C=O) groups is 1. The van der Waals surface area contributed by atoms with Gasteiger partial charge in [-0.2, -0.15) is 10.1 Å². The van der Waals surface area contributed by atoms with Crippen LogP contribution in [0, 0.1) is 0 Å². The van der Waals surface area contributed by atoms with Crippen LogP contribution in [0.25, 0.3) is 6.08 Å². The van der Waals surface area contributed by atoms with Gasteiger partial charge >= 0.3 is 0 Å². The van der Waals surface area contributed by atoms with Crippen LogP contribution < -0.4 is 9.75 Å². The Kier molecular flexibility index (Phi) is 6.02. The summed E-state index contributed by atoms with van der Waals surface area (Å²) in [6.07, 6.45) is 1.84. The minimum atomic E-state index is -0.145. The maximum Gasteiger partial charge on any atom is 0.280 e. The second-order valence-corrected chi connectivity index (χ2v) is 8.03. The Morgan fingerprint density at radius 1 is 1.07 bits per heavy atom. The summed E-state index contributed by atoms with van der Waals surface area (Å²) in [7, 11) is 0. The van der Waals surface area contributed by atoms with Crippen molar-refractivity contribution in [2.75, 3.05) is 5.01 Å². The zero-order valence-electron chi connectivity index (χ0n) is 16.2. The molecule has 0 saturated heterocycles. The van der Waals surface area contributed by atoms with Gasteiger partial charge in [-0.25, -0.2) is 0 Å². The number of rotatable bonds is 5. The van der Waals surface area contributed by atoms with Crippen LogP contribution in [0.4, 0.5) is 5.69 Å². The molecule has 1 heterocycles. The van der Waals surface area contributed by atoms with Crippen molar-refractivity contribution in [2.45, 2.75) is 13.5 Å². The molecule has 4 nitrogen and oxygen atoms in total. The summed E-state index contributed by atoms with van der Waals surface area (Å²) in [5.74, 6) is 0.556. The molecule has 1 amide bonds. The zero-order chi connectivity index (χ0) is 21.1. The Balaban J connectivity index is 1.52. The molecule has 0 saturated carbocycles. The van der Waals surface area contributed by atoms with Gasteiger partial charge in [-0.05, 0) is 64.8 Å². The normalized spacial score (nSPS) is 14.9. The molecule has 0 fully saturated rings. The topological polar surface area (TPSA) is 41.9 Å². The van der Waals surface area contributed by atoms with Crippen LogP contribution in [0.3, 0.4) is 0 Å². The molecule has 30 heavy (non-hydrogen) atoms. The molecule has 3 aromatic carbocycles. The van der Waals surface area contributed by atoms with Gasteiger partial charge in [0.1, 0.15) is 12.4 Å². The van der Waals surface area contributed by atoms with Crippen LogP contribution in [0.5, 0.6) is 5.75 Å². The van der Waals surface area contributed by atoms with Crippen LogP contribution in [0.1, 0.15) is 18.1 Å². The van der Waals surface area contributed by atoms with E-state index in [2.05, 4.69) is 21.0 Å². The second-order valence-electron chi connectivity index (χ2n) is 6.77. The van der Waals surface area contributed by atoms with Crippen molar-refractivity contribution in [3.8, 4) is 5.75 Å². The number of hydrogen-bond donors (Lipinski definition) is 0. The highest BCUT2D eigenvalue weighted by Crippen LogP contribution is 2.30. The van der Waals surface area contributed by atoms with Gasteiger partial charge in [-0.15, -0.1) is 0 Å². The number of halogens is 2. The van der Waals surface area contributed by atoms with Crippen molar-refractivity contribution in [3.05, 3.63) is 99.0 Å². The van der Waals surface area contributed by atoms with Gasteiger partial charge in [-0.1, -0.05) is 54.1 Å². The first-order valence-electron chi connectivity index (χ1n) is 9.35. The van der Waals surface area contributed by atoms with Crippen LogP contribution in [-0.4, -0.2) is 11.6 Å². The minimum Gasteiger partial charge on any atom is -0.488 e.